The Balaban J connectivity index is 1.87. The number of aromatic nitrogens is 2. The van der Waals surface area contributed by atoms with Gasteiger partial charge in [-0.2, -0.15) is 0 Å². The molecule has 0 spiro atoms. The van der Waals surface area contributed by atoms with Gasteiger partial charge in [-0.05, 0) is 42.8 Å². The van der Waals surface area contributed by atoms with Crippen LogP contribution in [0.4, 0.5) is 0 Å². The average Bonchev–Trinajstić information content (AvgIpc) is 2.77. The lowest BCUT2D eigenvalue weighted by Gasteiger charge is -2.07. The highest BCUT2D eigenvalue weighted by Gasteiger charge is 2.03. The molecule has 0 fully saturated rings. The van der Waals surface area contributed by atoms with Crippen LogP contribution in [0.3, 0.4) is 0 Å². The third-order valence-corrected chi connectivity index (χ3v) is 4.48. The molecule has 0 aliphatic carbocycles. The molecule has 0 radical (unpaired) electrons. The van der Waals surface area contributed by atoms with Crippen molar-refractivity contribution in [2.75, 3.05) is 6.54 Å². The second-order valence-electron chi connectivity index (χ2n) is 4.89. The van der Waals surface area contributed by atoms with Crippen molar-refractivity contribution in [2.45, 2.75) is 36.7 Å². The van der Waals surface area contributed by atoms with Crippen LogP contribution in [0, 0.1) is 12.8 Å². The van der Waals surface area contributed by atoms with Crippen molar-refractivity contribution in [3.05, 3.63) is 35.0 Å². The highest BCUT2D eigenvalue weighted by Crippen LogP contribution is 2.28. The van der Waals surface area contributed by atoms with Crippen molar-refractivity contribution in [3.63, 3.8) is 0 Å². The molecule has 19 heavy (non-hydrogen) atoms. The van der Waals surface area contributed by atoms with Crippen molar-refractivity contribution < 1.29 is 0 Å². The minimum atomic E-state index is 0.677. The van der Waals surface area contributed by atoms with E-state index in [4.69, 9.17) is 0 Å². The van der Waals surface area contributed by atoms with E-state index in [1.807, 2.05) is 13.1 Å². The molecule has 0 atom stereocenters. The van der Waals surface area contributed by atoms with Gasteiger partial charge in [-0.25, -0.2) is 9.97 Å². The van der Waals surface area contributed by atoms with Crippen LogP contribution in [-0.4, -0.2) is 16.5 Å². The topological polar surface area (TPSA) is 37.8 Å². The van der Waals surface area contributed by atoms with Gasteiger partial charge in [-0.1, -0.05) is 19.9 Å². The van der Waals surface area contributed by atoms with Crippen LogP contribution in [-0.2, 0) is 6.54 Å². The molecule has 102 valence electrons. The molecule has 2 heterocycles. The molecule has 2 rings (SSSR count). The minimum Gasteiger partial charge on any atom is -0.312 e. The van der Waals surface area contributed by atoms with E-state index in [1.165, 1.54) is 5.56 Å². The molecule has 2 aromatic rings. The maximum atomic E-state index is 4.47. The molecule has 2 aromatic heterocycles. The first-order chi connectivity index (χ1) is 9.13. The summed E-state index contributed by atoms with van der Waals surface area (Å²) < 4.78 is 1.05. The number of aryl methyl sites for hydroxylation is 1. The number of rotatable bonds is 6. The normalized spacial score (nSPS) is 11.2. The molecule has 0 aliphatic heterocycles. The molecular formula is C14H19N3S2. The molecule has 0 saturated carbocycles. The zero-order chi connectivity index (χ0) is 13.7. The Morgan fingerprint density at radius 2 is 2.21 bits per heavy atom. The first-order valence-electron chi connectivity index (χ1n) is 6.39. The van der Waals surface area contributed by atoms with Gasteiger partial charge in [0.05, 0.1) is 0 Å². The van der Waals surface area contributed by atoms with Crippen molar-refractivity contribution >= 4 is 23.1 Å². The maximum absolute atomic E-state index is 4.47. The molecule has 0 aliphatic rings. The highest BCUT2D eigenvalue weighted by atomic mass is 32.2. The van der Waals surface area contributed by atoms with Gasteiger partial charge in [0.1, 0.15) is 5.03 Å². The van der Waals surface area contributed by atoms with E-state index in [2.05, 4.69) is 46.6 Å². The number of hydrogen-bond acceptors (Lipinski definition) is 5. The van der Waals surface area contributed by atoms with Crippen LogP contribution < -0.4 is 5.32 Å². The summed E-state index contributed by atoms with van der Waals surface area (Å²) >= 11 is 3.29. The summed E-state index contributed by atoms with van der Waals surface area (Å²) in [6.07, 6.45) is 1.94. The Morgan fingerprint density at radius 1 is 1.37 bits per heavy atom. The average molecular weight is 293 g/mol. The van der Waals surface area contributed by atoms with Crippen LogP contribution in [0.15, 0.2) is 33.1 Å². The van der Waals surface area contributed by atoms with Crippen LogP contribution in [0.25, 0.3) is 0 Å². The number of pyridine rings is 1. The van der Waals surface area contributed by atoms with Crippen molar-refractivity contribution in [2.24, 2.45) is 5.92 Å². The Hall–Kier alpha value is -0.910. The lowest BCUT2D eigenvalue weighted by Crippen LogP contribution is -2.18. The molecular weight excluding hydrogens is 274 g/mol. The molecule has 1 N–H and O–H groups in total. The van der Waals surface area contributed by atoms with E-state index >= 15 is 0 Å². The van der Waals surface area contributed by atoms with Gasteiger partial charge in [0.2, 0.25) is 0 Å². The molecule has 3 nitrogen and oxygen atoms in total. The summed E-state index contributed by atoms with van der Waals surface area (Å²) in [7, 11) is 0. The fraction of sp³-hybridized carbons (Fsp3) is 0.429. The summed E-state index contributed by atoms with van der Waals surface area (Å²) in [6, 6.07) is 4.19. The standard InChI is InChI=1S/C14H19N3S2/c1-10(2)6-15-7-12-4-5-13(16-8-12)19-14-17-11(3)9-18-14/h4-5,8-10,15H,6-7H2,1-3H3. The fourth-order valence-electron chi connectivity index (χ4n) is 1.55. The van der Waals surface area contributed by atoms with Gasteiger partial charge in [0.25, 0.3) is 0 Å². The molecule has 0 saturated heterocycles. The molecule has 0 aromatic carbocycles. The zero-order valence-electron chi connectivity index (χ0n) is 11.5. The monoisotopic (exact) mass is 293 g/mol. The number of thiazole rings is 1. The lowest BCUT2D eigenvalue weighted by atomic mass is 10.2. The highest BCUT2D eigenvalue weighted by molar-refractivity contribution is 8.01. The Bertz CT molecular complexity index is 506. The predicted molar refractivity (Wildman–Crippen MR) is 81.8 cm³/mol. The van der Waals surface area contributed by atoms with Gasteiger partial charge in [0.15, 0.2) is 4.34 Å². The predicted octanol–water partition coefficient (Wildman–Crippen LogP) is 3.74. The first-order valence-corrected chi connectivity index (χ1v) is 8.08. The second kappa shape index (κ2) is 7.03. The first kappa shape index (κ1) is 14.5. The van der Waals surface area contributed by atoms with E-state index < -0.39 is 0 Å². The Labute approximate surface area is 122 Å². The maximum Gasteiger partial charge on any atom is 0.156 e. The van der Waals surface area contributed by atoms with Crippen molar-refractivity contribution in [3.8, 4) is 0 Å². The summed E-state index contributed by atoms with van der Waals surface area (Å²) in [5.74, 6) is 0.677. The SMILES string of the molecule is Cc1csc(Sc2ccc(CNCC(C)C)cn2)n1. The smallest absolute Gasteiger partial charge is 0.156 e. The third kappa shape index (κ3) is 4.93. The van der Waals surface area contributed by atoms with Crippen molar-refractivity contribution in [1.29, 1.82) is 0 Å². The van der Waals surface area contributed by atoms with Gasteiger partial charge in [0, 0.05) is 23.8 Å². The van der Waals surface area contributed by atoms with Gasteiger partial charge < -0.3 is 5.32 Å². The van der Waals surface area contributed by atoms with E-state index in [1.54, 1.807) is 23.1 Å². The van der Waals surface area contributed by atoms with E-state index in [-0.39, 0.29) is 0 Å². The summed E-state index contributed by atoms with van der Waals surface area (Å²) in [4.78, 5) is 8.90. The third-order valence-electron chi connectivity index (χ3n) is 2.47. The number of nitrogens with one attached hydrogen (secondary N) is 1. The van der Waals surface area contributed by atoms with Gasteiger partial charge in [-0.15, -0.1) is 11.3 Å². The Morgan fingerprint density at radius 3 is 2.79 bits per heavy atom. The van der Waals surface area contributed by atoms with E-state index in [0.717, 1.165) is 28.1 Å². The van der Waals surface area contributed by atoms with Gasteiger partial charge >= 0.3 is 0 Å². The van der Waals surface area contributed by atoms with E-state index in [0.29, 0.717) is 5.92 Å². The van der Waals surface area contributed by atoms with Crippen LogP contribution >= 0.6 is 23.1 Å². The number of nitrogens with zero attached hydrogens (tertiary/aromatic N) is 2. The zero-order valence-corrected chi connectivity index (χ0v) is 13.1. The van der Waals surface area contributed by atoms with Gasteiger partial charge in [-0.3, -0.25) is 0 Å². The van der Waals surface area contributed by atoms with Crippen molar-refractivity contribution in [1.82, 2.24) is 15.3 Å². The van der Waals surface area contributed by atoms with E-state index in [9.17, 15) is 0 Å². The lowest BCUT2D eigenvalue weighted by molar-refractivity contribution is 0.551. The Kier molecular flexibility index (Phi) is 5.36. The largest absolute Gasteiger partial charge is 0.312 e. The second-order valence-corrected chi connectivity index (χ2v) is 7.01. The fourth-order valence-corrected chi connectivity index (χ4v) is 3.27. The number of hydrogen-bond donors (Lipinski definition) is 1. The minimum absolute atomic E-state index is 0.677. The molecule has 0 unspecified atom stereocenters. The summed E-state index contributed by atoms with van der Waals surface area (Å²) in [5.41, 5.74) is 2.29. The van der Waals surface area contributed by atoms with Crippen LogP contribution in [0.5, 0.6) is 0 Å². The quantitative estimate of drug-likeness (QED) is 0.880. The van der Waals surface area contributed by atoms with Crippen LogP contribution in [0.1, 0.15) is 25.1 Å². The van der Waals surface area contributed by atoms with Crippen LogP contribution in [0.2, 0.25) is 0 Å². The molecule has 0 amide bonds. The molecule has 0 bridgehead atoms. The summed E-state index contributed by atoms with van der Waals surface area (Å²) in [6.45, 7) is 8.35. The molecule has 5 heteroatoms. The summed E-state index contributed by atoms with van der Waals surface area (Å²) in [5, 5.41) is 6.48.